The van der Waals surface area contributed by atoms with Crippen LogP contribution in [0.25, 0.3) is 0 Å². The van der Waals surface area contributed by atoms with Crippen LogP contribution in [0.5, 0.6) is 0 Å². The quantitative estimate of drug-likeness (QED) is 0.819. The molecule has 0 saturated carbocycles. The average Bonchev–Trinajstić information content (AvgIpc) is 2.28. The first-order chi connectivity index (χ1) is 7.97. The Kier molecular flexibility index (Phi) is 5.13. The van der Waals surface area contributed by atoms with Gasteiger partial charge in [0.05, 0.1) is 0 Å². The van der Waals surface area contributed by atoms with Gasteiger partial charge in [0.25, 0.3) is 0 Å². The number of nitrogens with one attached hydrogen (secondary N) is 1. The smallest absolute Gasteiger partial charge is 0.126 e. The summed E-state index contributed by atoms with van der Waals surface area (Å²) < 4.78 is 13.6. The minimum Gasteiger partial charge on any atom is -0.313 e. The molecule has 0 aliphatic heterocycles. The predicted octanol–water partition coefficient (Wildman–Crippen LogP) is 3.87. The molecule has 1 rings (SSSR count). The molecule has 2 unspecified atom stereocenters. The Hall–Kier alpha value is -0.890. The van der Waals surface area contributed by atoms with Crippen LogP contribution < -0.4 is 5.32 Å². The minimum absolute atomic E-state index is 0.103. The lowest BCUT2D eigenvalue weighted by atomic mass is 9.86. The van der Waals surface area contributed by atoms with Crippen LogP contribution in [0.15, 0.2) is 18.2 Å². The topological polar surface area (TPSA) is 12.0 Å². The number of hydrogen-bond donors (Lipinski definition) is 1. The largest absolute Gasteiger partial charge is 0.313 e. The number of hydrogen-bond acceptors (Lipinski definition) is 1. The maximum Gasteiger partial charge on any atom is 0.126 e. The van der Waals surface area contributed by atoms with Gasteiger partial charge in [0, 0.05) is 6.04 Å². The molecule has 0 spiro atoms. The summed E-state index contributed by atoms with van der Waals surface area (Å²) in [6.07, 6.45) is 0. The summed E-state index contributed by atoms with van der Waals surface area (Å²) in [5.41, 5.74) is 1.79. The molecule has 0 heterocycles. The summed E-state index contributed by atoms with van der Waals surface area (Å²) in [7, 11) is 0. The molecule has 1 N–H and O–H groups in total. The van der Waals surface area contributed by atoms with Crippen molar-refractivity contribution in [2.45, 2.75) is 46.6 Å². The average molecular weight is 237 g/mol. The van der Waals surface area contributed by atoms with Gasteiger partial charge in [-0.3, -0.25) is 0 Å². The third kappa shape index (κ3) is 3.53. The number of likely N-dealkylation sites (N-methyl/N-ethyl adjacent to an activating group) is 1. The first-order valence-electron chi connectivity index (χ1n) is 6.46. The summed E-state index contributed by atoms with van der Waals surface area (Å²) in [6, 6.07) is 5.97. The Morgan fingerprint density at radius 2 is 1.88 bits per heavy atom. The van der Waals surface area contributed by atoms with Gasteiger partial charge in [-0.25, -0.2) is 4.39 Å². The Balaban J connectivity index is 2.92. The molecule has 0 bridgehead atoms. The van der Waals surface area contributed by atoms with Gasteiger partial charge in [-0.15, -0.1) is 0 Å². The van der Waals surface area contributed by atoms with Crippen LogP contribution in [-0.2, 0) is 0 Å². The van der Waals surface area contributed by atoms with Crippen LogP contribution in [0.1, 0.15) is 44.7 Å². The zero-order chi connectivity index (χ0) is 13.0. The van der Waals surface area contributed by atoms with Crippen molar-refractivity contribution in [2.24, 2.45) is 5.92 Å². The van der Waals surface area contributed by atoms with E-state index < -0.39 is 0 Å². The van der Waals surface area contributed by atoms with Crippen molar-refractivity contribution in [3.8, 4) is 0 Å². The molecule has 0 saturated heterocycles. The second kappa shape index (κ2) is 6.15. The monoisotopic (exact) mass is 237 g/mol. The zero-order valence-electron chi connectivity index (χ0n) is 11.5. The molecule has 0 aliphatic carbocycles. The van der Waals surface area contributed by atoms with Crippen LogP contribution in [0.3, 0.4) is 0 Å². The van der Waals surface area contributed by atoms with E-state index in [1.165, 1.54) is 0 Å². The number of halogens is 1. The van der Waals surface area contributed by atoms with Gasteiger partial charge in [-0.2, -0.15) is 0 Å². The highest BCUT2D eigenvalue weighted by Gasteiger charge is 2.21. The zero-order valence-corrected chi connectivity index (χ0v) is 11.5. The Labute approximate surface area is 104 Å². The van der Waals surface area contributed by atoms with Crippen molar-refractivity contribution in [3.05, 3.63) is 35.1 Å². The van der Waals surface area contributed by atoms with Crippen molar-refractivity contribution in [1.82, 2.24) is 5.32 Å². The molecular weight excluding hydrogens is 213 g/mol. The van der Waals surface area contributed by atoms with Crippen LogP contribution in [-0.4, -0.2) is 12.6 Å². The second-order valence-corrected chi connectivity index (χ2v) is 5.12. The molecule has 2 heteroatoms. The standard InChI is InChI=1S/C15H24FN/c1-6-17-15(10(2)3)12(5)13-8-7-11(4)14(16)9-13/h7-10,12,15,17H,6H2,1-5H3. The van der Waals surface area contributed by atoms with Crippen LogP contribution in [0, 0.1) is 18.7 Å². The summed E-state index contributed by atoms with van der Waals surface area (Å²) >= 11 is 0. The third-order valence-corrected chi connectivity index (χ3v) is 3.42. The highest BCUT2D eigenvalue weighted by atomic mass is 19.1. The van der Waals surface area contributed by atoms with E-state index in [-0.39, 0.29) is 5.82 Å². The molecule has 0 aromatic heterocycles. The lowest BCUT2D eigenvalue weighted by Crippen LogP contribution is -2.38. The minimum atomic E-state index is -0.103. The van der Waals surface area contributed by atoms with E-state index in [4.69, 9.17) is 0 Å². The molecule has 1 nitrogen and oxygen atoms in total. The second-order valence-electron chi connectivity index (χ2n) is 5.12. The van der Waals surface area contributed by atoms with Crippen LogP contribution in [0.4, 0.5) is 4.39 Å². The fraction of sp³-hybridized carbons (Fsp3) is 0.600. The SMILES string of the molecule is CCNC(C(C)C)C(C)c1ccc(C)c(F)c1. The van der Waals surface area contributed by atoms with Crippen molar-refractivity contribution in [2.75, 3.05) is 6.54 Å². The van der Waals surface area contributed by atoms with Gasteiger partial charge >= 0.3 is 0 Å². The van der Waals surface area contributed by atoms with Gasteiger partial charge in [-0.1, -0.05) is 39.8 Å². The molecule has 0 amide bonds. The highest BCUT2D eigenvalue weighted by molar-refractivity contribution is 5.27. The Morgan fingerprint density at radius 3 is 2.35 bits per heavy atom. The maximum absolute atomic E-state index is 13.6. The van der Waals surface area contributed by atoms with Crippen molar-refractivity contribution in [1.29, 1.82) is 0 Å². The van der Waals surface area contributed by atoms with Gasteiger partial charge in [-0.05, 0) is 42.5 Å². The third-order valence-electron chi connectivity index (χ3n) is 3.42. The van der Waals surface area contributed by atoms with E-state index >= 15 is 0 Å². The fourth-order valence-corrected chi connectivity index (χ4v) is 2.33. The summed E-state index contributed by atoms with van der Waals surface area (Å²) in [4.78, 5) is 0. The van der Waals surface area contributed by atoms with Crippen LogP contribution in [0.2, 0.25) is 0 Å². The van der Waals surface area contributed by atoms with Crippen LogP contribution >= 0.6 is 0 Å². The fourth-order valence-electron chi connectivity index (χ4n) is 2.33. The summed E-state index contributed by atoms with van der Waals surface area (Å²) in [5.74, 6) is 0.757. The molecule has 0 radical (unpaired) electrons. The van der Waals surface area contributed by atoms with Crippen molar-refractivity contribution < 1.29 is 4.39 Å². The van der Waals surface area contributed by atoms with E-state index in [2.05, 4.69) is 33.0 Å². The molecule has 17 heavy (non-hydrogen) atoms. The summed E-state index contributed by atoms with van der Waals surface area (Å²) in [5, 5.41) is 3.49. The molecular formula is C15H24FN. The van der Waals surface area contributed by atoms with E-state index in [9.17, 15) is 4.39 Å². The van der Waals surface area contributed by atoms with Gasteiger partial charge in [0.1, 0.15) is 5.82 Å². The Morgan fingerprint density at radius 1 is 1.24 bits per heavy atom. The van der Waals surface area contributed by atoms with E-state index in [1.54, 1.807) is 13.0 Å². The Bertz CT molecular complexity index is 360. The van der Waals surface area contributed by atoms with E-state index in [0.29, 0.717) is 23.4 Å². The highest BCUT2D eigenvalue weighted by Crippen LogP contribution is 2.25. The first-order valence-corrected chi connectivity index (χ1v) is 6.46. The molecule has 1 aromatic rings. The molecule has 2 atom stereocenters. The number of rotatable bonds is 5. The molecule has 0 aliphatic rings. The van der Waals surface area contributed by atoms with E-state index in [1.807, 2.05) is 12.1 Å². The summed E-state index contributed by atoms with van der Waals surface area (Å²) in [6.45, 7) is 11.4. The van der Waals surface area contributed by atoms with Gasteiger partial charge in [0.15, 0.2) is 0 Å². The molecule has 1 aromatic carbocycles. The maximum atomic E-state index is 13.6. The van der Waals surface area contributed by atoms with Crippen molar-refractivity contribution >= 4 is 0 Å². The van der Waals surface area contributed by atoms with Crippen molar-refractivity contribution in [3.63, 3.8) is 0 Å². The molecule has 0 fully saturated rings. The lowest BCUT2D eigenvalue weighted by molar-refractivity contribution is 0.359. The number of aryl methyl sites for hydroxylation is 1. The number of benzene rings is 1. The first kappa shape index (κ1) is 14.2. The molecule has 96 valence electrons. The van der Waals surface area contributed by atoms with Gasteiger partial charge < -0.3 is 5.32 Å². The normalized spacial score (nSPS) is 15.0. The van der Waals surface area contributed by atoms with E-state index in [0.717, 1.165) is 12.1 Å². The lowest BCUT2D eigenvalue weighted by Gasteiger charge is -2.28. The predicted molar refractivity (Wildman–Crippen MR) is 71.9 cm³/mol. The van der Waals surface area contributed by atoms with Gasteiger partial charge in [0.2, 0.25) is 0 Å².